The van der Waals surface area contributed by atoms with Crippen molar-refractivity contribution in [1.29, 1.82) is 0 Å². The van der Waals surface area contributed by atoms with Gasteiger partial charge in [-0.2, -0.15) is 0 Å². The molecule has 2 aromatic heterocycles. The van der Waals surface area contributed by atoms with Crippen LogP contribution in [0, 0.1) is 5.82 Å². The molecule has 22 heavy (non-hydrogen) atoms. The lowest BCUT2D eigenvalue weighted by Crippen LogP contribution is -2.22. The Labute approximate surface area is 136 Å². The highest BCUT2D eigenvalue weighted by molar-refractivity contribution is 9.10. The predicted octanol–water partition coefficient (Wildman–Crippen LogP) is 3.36. The van der Waals surface area contributed by atoms with Gasteiger partial charge in [-0.05, 0) is 36.4 Å². The van der Waals surface area contributed by atoms with Gasteiger partial charge in [0.15, 0.2) is 4.96 Å². The first kappa shape index (κ1) is 13.6. The van der Waals surface area contributed by atoms with Gasteiger partial charge in [-0.3, -0.25) is 4.79 Å². The molecule has 0 radical (unpaired) electrons. The average Bonchev–Trinajstić information content (AvgIpc) is 3.00. The normalized spacial score (nSPS) is 12.5. The molecule has 0 unspecified atom stereocenters. The highest BCUT2D eigenvalue weighted by Gasteiger charge is 2.11. The number of halogens is 2. The Kier molecular flexibility index (Phi) is 3.09. The van der Waals surface area contributed by atoms with E-state index in [0.717, 1.165) is 15.5 Å². The fraction of sp³-hybridized carbons (Fsp3) is 0. The van der Waals surface area contributed by atoms with Crippen LogP contribution in [-0.4, -0.2) is 9.38 Å². The average molecular weight is 375 g/mol. The van der Waals surface area contributed by atoms with E-state index in [4.69, 9.17) is 0 Å². The SMILES string of the molecule is O=c1/c(=C\c2cc(Br)ccc2F)sc2nc3ccccc3n12. The molecule has 0 N–H and O–H groups in total. The van der Waals surface area contributed by atoms with Crippen LogP contribution in [0.15, 0.2) is 51.7 Å². The molecule has 0 bridgehead atoms. The molecule has 0 aliphatic carbocycles. The fourth-order valence-corrected chi connectivity index (χ4v) is 3.73. The summed E-state index contributed by atoms with van der Waals surface area (Å²) in [5.74, 6) is -0.363. The lowest BCUT2D eigenvalue weighted by molar-refractivity contribution is 0.624. The number of aromatic nitrogens is 2. The van der Waals surface area contributed by atoms with E-state index >= 15 is 0 Å². The first-order valence-electron chi connectivity index (χ1n) is 6.50. The highest BCUT2D eigenvalue weighted by Crippen LogP contribution is 2.18. The van der Waals surface area contributed by atoms with Crippen LogP contribution in [0.25, 0.3) is 22.1 Å². The van der Waals surface area contributed by atoms with Gasteiger partial charge < -0.3 is 0 Å². The van der Waals surface area contributed by atoms with E-state index in [2.05, 4.69) is 20.9 Å². The monoisotopic (exact) mass is 374 g/mol. The lowest BCUT2D eigenvalue weighted by atomic mass is 10.2. The zero-order chi connectivity index (χ0) is 15.3. The third-order valence-corrected chi connectivity index (χ3v) is 4.85. The van der Waals surface area contributed by atoms with Crippen molar-refractivity contribution in [3.8, 4) is 0 Å². The first-order chi connectivity index (χ1) is 10.6. The molecule has 0 aliphatic heterocycles. The second-order valence-electron chi connectivity index (χ2n) is 4.80. The van der Waals surface area contributed by atoms with Crippen LogP contribution in [0.5, 0.6) is 0 Å². The van der Waals surface area contributed by atoms with Crippen LogP contribution in [-0.2, 0) is 0 Å². The number of benzene rings is 2. The van der Waals surface area contributed by atoms with Gasteiger partial charge in [0.1, 0.15) is 5.82 Å². The maximum Gasteiger partial charge on any atom is 0.274 e. The summed E-state index contributed by atoms with van der Waals surface area (Å²) in [4.78, 5) is 17.6. The summed E-state index contributed by atoms with van der Waals surface area (Å²) in [5, 5.41) is 0. The van der Waals surface area contributed by atoms with Crippen molar-refractivity contribution in [1.82, 2.24) is 9.38 Å². The van der Waals surface area contributed by atoms with Crippen LogP contribution in [0.3, 0.4) is 0 Å². The molecule has 3 nitrogen and oxygen atoms in total. The van der Waals surface area contributed by atoms with Crippen molar-refractivity contribution in [2.45, 2.75) is 0 Å². The van der Waals surface area contributed by atoms with Crippen molar-refractivity contribution in [2.24, 2.45) is 0 Å². The topological polar surface area (TPSA) is 34.4 Å². The van der Waals surface area contributed by atoms with Crippen molar-refractivity contribution in [2.75, 3.05) is 0 Å². The summed E-state index contributed by atoms with van der Waals surface area (Å²) in [6.07, 6.45) is 1.57. The zero-order valence-corrected chi connectivity index (χ0v) is 13.5. The van der Waals surface area contributed by atoms with E-state index < -0.39 is 0 Å². The van der Waals surface area contributed by atoms with Crippen LogP contribution in [0.1, 0.15) is 5.56 Å². The summed E-state index contributed by atoms with van der Waals surface area (Å²) in [5.41, 5.74) is 1.76. The summed E-state index contributed by atoms with van der Waals surface area (Å²) in [6.45, 7) is 0. The van der Waals surface area contributed by atoms with E-state index in [1.165, 1.54) is 17.4 Å². The van der Waals surface area contributed by atoms with Gasteiger partial charge in [0.25, 0.3) is 5.56 Å². The number of thiazole rings is 1. The van der Waals surface area contributed by atoms with Crippen molar-refractivity contribution in [3.63, 3.8) is 0 Å². The zero-order valence-electron chi connectivity index (χ0n) is 11.1. The summed E-state index contributed by atoms with van der Waals surface area (Å²) in [7, 11) is 0. The molecule has 2 heterocycles. The van der Waals surface area contributed by atoms with Gasteiger partial charge in [-0.1, -0.05) is 39.4 Å². The van der Waals surface area contributed by atoms with Gasteiger partial charge in [-0.15, -0.1) is 0 Å². The van der Waals surface area contributed by atoms with Gasteiger partial charge in [-0.25, -0.2) is 13.8 Å². The maximum atomic E-state index is 13.8. The third-order valence-electron chi connectivity index (χ3n) is 3.39. The summed E-state index contributed by atoms with van der Waals surface area (Å²) >= 11 is 4.57. The number of para-hydroxylation sites is 2. The second kappa shape index (κ2) is 5.00. The number of imidazole rings is 1. The van der Waals surface area contributed by atoms with Crippen LogP contribution in [0.2, 0.25) is 0 Å². The summed E-state index contributed by atoms with van der Waals surface area (Å²) < 4.78 is 16.6. The first-order valence-corrected chi connectivity index (χ1v) is 8.11. The van der Waals surface area contributed by atoms with Crippen molar-refractivity contribution in [3.05, 3.63) is 73.2 Å². The maximum absolute atomic E-state index is 13.8. The van der Waals surface area contributed by atoms with Crippen molar-refractivity contribution >= 4 is 49.3 Å². The van der Waals surface area contributed by atoms with E-state index in [-0.39, 0.29) is 11.4 Å². The molecule has 108 valence electrons. The minimum absolute atomic E-state index is 0.173. The van der Waals surface area contributed by atoms with Crippen LogP contribution < -0.4 is 10.1 Å². The van der Waals surface area contributed by atoms with Crippen LogP contribution in [0.4, 0.5) is 4.39 Å². The third kappa shape index (κ3) is 2.07. The Hall–Kier alpha value is -2.05. The molecule has 0 fully saturated rings. The molecular formula is C16H8BrFN2OS. The molecule has 2 aromatic carbocycles. The Morgan fingerprint density at radius 2 is 2.05 bits per heavy atom. The van der Waals surface area contributed by atoms with Gasteiger partial charge in [0, 0.05) is 10.0 Å². The smallest absolute Gasteiger partial charge is 0.267 e. The minimum atomic E-state index is -0.363. The quantitative estimate of drug-likeness (QED) is 0.511. The van der Waals surface area contributed by atoms with E-state index in [1.807, 2.05) is 24.3 Å². The Morgan fingerprint density at radius 3 is 2.91 bits per heavy atom. The number of rotatable bonds is 1. The molecule has 0 saturated carbocycles. The molecule has 6 heteroatoms. The highest BCUT2D eigenvalue weighted by atomic mass is 79.9. The molecule has 4 aromatic rings. The minimum Gasteiger partial charge on any atom is -0.267 e. The molecule has 0 atom stereocenters. The molecule has 0 amide bonds. The molecular weight excluding hydrogens is 367 g/mol. The Bertz CT molecular complexity index is 1130. The fourth-order valence-electron chi connectivity index (χ4n) is 2.38. The molecule has 0 saturated heterocycles. The van der Waals surface area contributed by atoms with Gasteiger partial charge >= 0.3 is 0 Å². The second-order valence-corrected chi connectivity index (χ2v) is 6.72. The molecule has 0 aliphatic rings. The van der Waals surface area contributed by atoms with E-state index in [1.54, 1.807) is 22.6 Å². The standard InChI is InChI=1S/C16H8BrFN2OS/c17-10-5-6-11(18)9(7-10)8-14-15(21)20-13-4-2-1-3-12(13)19-16(20)22-14/h1-8H/b14-8+. The molecule has 0 spiro atoms. The lowest BCUT2D eigenvalue weighted by Gasteiger charge is -1.96. The van der Waals surface area contributed by atoms with E-state index in [0.29, 0.717) is 15.1 Å². The van der Waals surface area contributed by atoms with Crippen LogP contribution >= 0.6 is 27.3 Å². The number of fused-ring (bicyclic) bond motifs is 3. The Balaban J connectivity index is 2.04. The number of nitrogens with zero attached hydrogens (tertiary/aromatic N) is 2. The van der Waals surface area contributed by atoms with Gasteiger partial charge in [0.05, 0.1) is 15.6 Å². The van der Waals surface area contributed by atoms with E-state index in [9.17, 15) is 9.18 Å². The molecule has 4 rings (SSSR count). The predicted molar refractivity (Wildman–Crippen MR) is 89.7 cm³/mol. The number of hydrogen-bond donors (Lipinski definition) is 0. The van der Waals surface area contributed by atoms with Gasteiger partial charge in [0.2, 0.25) is 0 Å². The Morgan fingerprint density at radius 1 is 1.23 bits per heavy atom. The summed E-state index contributed by atoms with van der Waals surface area (Å²) in [6, 6.07) is 12.1. The largest absolute Gasteiger partial charge is 0.274 e. The number of hydrogen-bond acceptors (Lipinski definition) is 3. The van der Waals surface area contributed by atoms with Crippen molar-refractivity contribution < 1.29 is 4.39 Å².